The summed E-state index contributed by atoms with van der Waals surface area (Å²) in [4.78, 5) is 12.4. The molecule has 140 valence electrons. The standard InChI is InChI=1S/C21H25BrO4/c1-13-8-14(2)10-15(9-13)19-17(23)11-16(12-18(19)24)21(3,4)20(25)26-7-5-6-22/h8-12,23-24H,5-7H2,1-4H3. The van der Waals surface area contributed by atoms with E-state index in [0.717, 1.165) is 28.4 Å². The first-order valence-electron chi connectivity index (χ1n) is 8.55. The average molecular weight is 421 g/mol. The summed E-state index contributed by atoms with van der Waals surface area (Å²) < 4.78 is 5.30. The number of aromatic hydroxyl groups is 2. The number of aryl methyl sites for hydroxylation is 2. The van der Waals surface area contributed by atoms with Crippen LogP contribution >= 0.6 is 15.9 Å². The Hall–Kier alpha value is -2.01. The summed E-state index contributed by atoms with van der Waals surface area (Å²) in [5.41, 5.74) is 2.70. The highest BCUT2D eigenvalue weighted by molar-refractivity contribution is 9.09. The number of phenolic OH excluding ortho intramolecular Hbond substituents is 2. The quantitative estimate of drug-likeness (QED) is 0.392. The van der Waals surface area contributed by atoms with Gasteiger partial charge in [0.05, 0.1) is 17.6 Å². The summed E-state index contributed by atoms with van der Waals surface area (Å²) in [5, 5.41) is 21.9. The van der Waals surface area contributed by atoms with Crippen molar-refractivity contribution >= 4 is 21.9 Å². The van der Waals surface area contributed by atoms with Crippen LogP contribution in [0.15, 0.2) is 30.3 Å². The minimum absolute atomic E-state index is 0.0636. The molecule has 0 bridgehead atoms. The smallest absolute Gasteiger partial charge is 0.315 e. The van der Waals surface area contributed by atoms with Crippen molar-refractivity contribution in [2.45, 2.75) is 39.5 Å². The SMILES string of the molecule is Cc1cc(C)cc(-c2c(O)cc(C(C)(C)C(=O)OCCCBr)cc2O)c1. The van der Waals surface area contributed by atoms with Crippen molar-refractivity contribution in [3.8, 4) is 22.6 Å². The molecule has 0 saturated carbocycles. The molecule has 2 rings (SSSR count). The number of esters is 1. The largest absolute Gasteiger partial charge is 0.507 e. The van der Waals surface area contributed by atoms with Crippen molar-refractivity contribution < 1.29 is 19.7 Å². The van der Waals surface area contributed by atoms with Gasteiger partial charge in [0.2, 0.25) is 0 Å². The fourth-order valence-corrected chi connectivity index (χ4v) is 3.13. The Morgan fingerprint density at radius 3 is 2.08 bits per heavy atom. The van der Waals surface area contributed by atoms with Crippen molar-refractivity contribution in [2.24, 2.45) is 0 Å². The van der Waals surface area contributed by atoms with Crippen molar-refractivity contribution in [3.63, 3.8) is 0 Å². The second-order valence-electron chi connectivity index (χ2n) is 7.07. The highest BCUT2D eigenvalue weighted by atomic mass is 79.9. The third-order valence-electron chi connectivity index (χ3n) is 4.35. The third-order valence-corrected chi connectivity index (χ3v) is 4.91. The lowest BCUT2D eigenvalue weighted by molar-refractivity contribution is -0.149. The van der Waals surface area contributed by atoms with Crippen LogP contribution in [0.25, 0.3) is 11.1 Å². The highest BCUT2D eigenvalue weighted by Gasteiger charge is 2.33. The van der Waals surface area contributed by atoms with Crippen molar-refractivity contribution in [3.05, 3.63) is 47.0 Å². The van der Waals surface area contributed by atoms with Crippen LogP contribution in [0.2, 0.25) is 0 Å². The molecule has 0 spiro atoms. The maximum Gasteiger partial charge on any atom is 0.315 e. The fraction of sp³-hybridized carbons (Fsp3) is 0.381. The molecule has 0 saturated heterocycles. The number of alkyl halides is 1. The molecule has 0 fully saturated rings. The van der Waals surface area contributed by atoms with Crippen LogP contribution in [0.1, 0.15) is 37.0 Å². The first-order valence-corrected chi connectivity index (χ1v) is 9.67. The summed E-state index contributed by atoms with van der Waals surface area (Å²) in [6.45, 7) is 7.69. The topological polar surface area (TPSA) is 66.8 Å². The number of rotatable bonds is 6. The summed E-state index contributed by atoms with van der Waals surface area (Å²) >= 11 is 3.30. The summed E-state index contributed by atoms with van der Waals surface area (Å²) in [7, 11) is 0. The van der Waals surface area contributed by atoms with Crippen LogP contribution in [-0.4, -0.2) is 28.1 Å². The van der Waals surface area contributed by atoms with Gasteiger partial charge in [-0.25, -0.2) is 0 Å². The van der Waals surface area contributed by atoms with E-state index < -0.39 is 11.4 Å². The van der Waals surface area contributed by atoms with Gasteiger partial charge in [0.15, 0.2) is 0 Å². The van der Waals surface area contributed by atoms with Crippen LogP contribution < -0.4 is 0 Å². The predicted octanol–water partition coefficient (Wildman–Crippen LogP) is 4.99. The molecule has 0 aliphatic carbocycles. The van der Waals surface area contributed by atoms with Crippen molar-refractivity contribution in [1.29, 1.82) is 0 Å². The van der Waals surface area contributed by atoms with Crippen molar-refractivity contribution in [2.75, 3.05) is 11.9 Å². The van der Waals surface area contributed by atoms with E-state index in [-0.39, 0.29) is 11.5 Å². The monoisotopic (exact) mass is 420 g/mol. The Kier molecular flexibility index (Phi) is 6.34. The number of halogens is 1. The van der Waals surface area contributed by atoms with Crippen LogP contribution in [0.5, 0.6) is 11.5 Å². The zero-order chi connectivity index (χ0) is 19.5. The Bertz CT molecular complexity index is 768. The van der Waals surface area contributed by atoms with Crippen LogP contribution in [0.3, 0.4) is 0 Å². The normalized spacial score (nSPS) is 11.4. The van der Waals surface area contributed by atoms with Gasteiger partial charge in [0, 0.05) is 5.33 Å². The van der Waals surface area contributed by atoms with E-state index in [0.29, 0.717) is 17.7 Å². The molecule has 0 radical (unpaired) electrons. The Morgan fingerprint density at radius 2 is 1.58 bits per heavy atom. The predicted molar refractivity (Wildman–Crippen MR) is 107 cm³/mol. The third kappa shape index (κ3) is 4.39. The molecule has 2 aromatic carbocycles. The highest BCUT2D eigenvalue weighted by Crippen LogP contribution is 2.41. The molecule has 2 N–H and O–H groups in total. The first kappa shape index (κ1) is 20.3. The van der Waals surface area contributed by atoms with E-state index in [4.69, 9.17) is 4.74 Å². The Balaban J connectivity index is 2.41. The number of phenols is 2. The van der Waals surface area contributed by atoms with Gasteiger partial charge >= 0.3 is 5.97 Å². The van der Waals surface area contributed by atoms with E-state index in [1.54, 1.807) is 13.8 Å². The molecule has 0 atom stereocenters. The van der Waals surface area contributed by atoms with E-state index in [2.05, 4.69) is 15.9 Å². The van der Waals surface area contributed by atoms with Gasteiger partial charge < -0.3 is 14.9 Å². The molecule has 0 heterocycles. The van der Waals surface area contributed by atoms with Gasteiger partial charge in [0.1, 0.15) is 11.5 Å². The Labute approximate surface area is 163 Å². The molecular weight excluding hydrogens is 396 g/mol. The van der Waals surface area contributed by atoms with Gasteiger partial charge in [-0.15, -0.1) is 0 Å². The maximum atomic E-state index is 12.4. The summed E-state index contributed by atoms with van der Waals surface area (Å²) in [5.74, 6) is -0.519. The van der Waals surface area contributed by atoms with Crippen LogP contribution in [-0.2, 0) is 14.9 Å². The zero-order valence-corrected chi connectivity index (χ0v) is 17.2. The number of carbonyl (C=O) groups is 1. The van der Waals surface area contributed by atoms with E-state index in [1.165, 1.54) is 12.1 Å². The molecule has 26 heavy (non-hydrogen) atoms. The minimum Gasteiger partial charge on any atom is -0.507 e. The maximum absolute atomic E-state index is 12.4. The second-order valence-corrected chi connectivity index (χ2v) is 7.86. The van der Waals surface area contributed by atoms with Gasteiger partial charge in [-0.05, 0) is 57.4 Å². The number of carbonyl (C=O) groups excluding carboxylic acids is 1. The lowest BCUT2D eigenvalue weighted by Crippen LogP contribution is -2.31. The molecule has 0 aromatic heterocycles. The fourth-order valence-electron chi connectivity index (χ4n) is 2.91. The van der Waals surface area contributed by atoms with Gasteiger partial charge in [-0.2, -0.15) is 0 Å². The molecular formula is C21H25BrO4. The van der Waals surface area contributed by atoms with Gasteiger partial charge in [-0.3, -0.25) is 4.79 Å². The minimum atomic E-state index is -0.984. The van der Waals surface area contributed by atoms with Crippen molar-refractivity contribution in [1.82, 2.24) is 0 Å². The molecule has 0 unspecified atom stereocenters. The summed E-state index contributed by atoms with van der Waals surface area (Å²) in [6.07, 6.45) is 0.726. The van der Waals surface area contributed by atoms with Crippen LogP contribution in [0, 0.1) is 13.8 Å². The van der Waals surface area contributed by atoms with Crippen LogP contribution in [0.4, 0.5) is 0 Å². The number of benzene rings is 2. The van der Waals surface area contributed by atoms with E-state index in [9.17, 15) is 15.0 Å². The van der Waals surface area contributed by atoms with E-state index >= 15 is 0 Å². The first-order chi connectivity index (χ1) is 12.2. The molecule has 0 amide bonds. The number of ether oxygens (including phenoxy) is 1. The zero-order valence-electron chi connectivity index (χ0n) is 15.6. The van der Waals surface area contributed by atoms with E-state index in [1.807, 2.05) is 32.0 Å². The number of hydrogen-bond acceptors (Lipinski definition) is 4. The van der Waals surface area contributed by atoms with Gasteiger partial charge in [-0.1, -0.05) is 45.3 Å². The molecule has 4 nitrogen and oxygen atoms in total. The average Bonchev–Trinajstić information content (AvgIpc) is 2.53. The lowest BCUT2D eigenvalue weighted by atomic mass is 9.83. The molecule has 2 aromatic rings. The molecule has 0 aliphatic rings. The summed E-state index contributed by atoms with van der Waals surface area (Å²) in [6, 6.07) is 8.89. The Morgan fingerprint density at radius 1 is 1.04 bits per heavy atom. The number of hydrogen-bond donors (Lipinski definition) is 2. The second kappa shape index (κ2) is 8.12. The molecule has 0 aliphatic heterocycles. The lowest BCUT2D eigenvalue weighted by Gasteiger charge is -2.24. The molecule has 5 heteroatoms. The van der Waals surface area contributed by atoms with Gasteiger partial charge in [0.25, 0.3) is 0 Å².